The molecule has 2 aromatic rings. The van der Waals surface area contributed by atoms with Gasteiger partial charge in [-0.15, -0.1) is 0 Å². The fourth-order valence-corrected chi connectivity index (χ4v) is 3.06. The molecule has 0 spiro atoms. The molecule has 0 atom stereocenters. The molecule has 2 N–H and O–H groups in total. The van der Waals surface area contributed by atoms with Crippen LogP contribution in [0.3, 0.4) is 0 Å². The number of anilines is 1. The van der Waals surface area contributed by atoms with Crippen molar-refractivity contribution in [3.8, 4) is 5.75 Å². The SMILES string of the molecule is CCCCOc1ccc(C(=O)NC(=S)Nc2ccccc2Br)cc1Br. The Morgan fingerprint density at radius 2 is 1.92 bits per heavy atom. The smallest absolute Gasteiger partial charge is 0.257 e. The minimum atomic E-state index is -0.287. The van der Waals surface area contributed by atoms with Crippen molar-refractivity contribution >= 4 is 60.8 Å². The van der Waals surface area contributed by atoms with Crippen molar-refractivity contribution in [1.82, 2.24) is 5.32 Å². The summed E-state index contributed by atoms with van der Waals surface area (Å²) in [6, 6.07) is 12.7. The zero-order valence-corrected chi connectivity index (χ0v) is 17.6. The second kappa shape index (κ2) is 9.89. The average molecular weight is 486 g/mol. The van der Waals surface area contributed by atoms with E-state index < -0.39 is 0 Å². The Morgan fingerprint density at radius 3 is 2.60 bits per heavy atom. The van der Waals surface area contributed by atoms with Crippen LogP contribution in [0.1, 0.15) is 30.1 Å². The van der Waals surface area contributed by atoms with Gasteiger partial charge in [0.25, 0.3) is 5.91 Å². The van der Waals surface area contributed by atoms with Gasteiger partial charge in [-0.2, -0.15) is 0 Å². The molecule has 0 fully saturated rings. The standard InChI is InChI=1S/C18H18Br2N2O2S/c1-2-3-10-24-16-9-8-12(11-14(16)20)17(23)22-18(25)21-15-7-5-4-6-13(15)19/h4-9,11H,2-3,10H2,1H3,(H2,21,22,23,25). The van der Waals surface area contributed by atoms with E-state index >= 15 is 0 Å². The molecule has 25 heavy (non-hydrogen) atoms. The van der Waals surface area contributed by atoms with Crippen LogP contribution in [0.2, 0.25) is 0 Å². The predicted molar refractivity (Wildman–Crippen MR) is 112 cm³/mol. The Balaban J connectivity index is 1.97. The number of unbranched alkanes of at least 4 members (excludes halogenated alkanes) is 1. The maximum atomic E-state index is 12.3. The van der Waals surface area contributed by atoms with Crippen molar-refractivity contribution in [2.75, 3.05) is 11.9 Å². The third-order valence-electron chi connectivity index (χ3n) is 3.30. The number of ether oxygens (including phenoxy) is 1. The highest BCUT2D eigenvalue weighted by atomic mass is 79.9. The highest BCUT2D eigenvalue weighted by molar-refractivity contribution is 9.11. The van der Waals surface area contributed by atoms with Crippen LogP contribution >= 0.6 is 44.1 Å². The summed E-state index contributed by atoms with van der Waals surface area (Å²) >= 11 is 12.1. The number of carbonyl (C=O) groups excluding carboxylic acids is 1. The summed E-state index contributed by atoms with van der Waals surface area (Å²) < 4.78 is 7.26. The van der Waals surface area contributed by atoms with Crippen molar-refractivity contribution in [3.63, 3.8) is 0 Å². The Bertz CT molecular complexity index is 768. The Kier molecular flexibility index (Phi) is 7.87. The van der Waals surface area contributed by atoms with Crippen LogP contribution < -0.4 is 15.4 Å². The minimum absolute atomic E-state index is 0.233. The van der Waals surface area contributed by atoms with Gasteiger partial charge < -0.3 is 10.1 Å². The van der Waals surface area contributed by atoms with Crippen LogP contribution in [0.5, 0.6) is 5.75 Å². The van der Waals surface area contributed by atoms with Gasteiger partial charge in [0.2, 0.25) is 0 Å². The maximum Gasteiger partial charge on any atom is 0.257 e. The number of carbonyl (C=O) groups is 1. The molecular formula is C18H18Br2N2O2S. The lowest BCUT2D eigenvalue weighted by atomic mass is 10.2. The number of thiocarbonyl (C=S) groups is 1. The number of halogens is 2. The molecule has 0 bridgehead atoms. The molecule has 0 saturated carbocycles. The summed E-state index contributed by atoms with van der Waals surface area (Å²) in [5.41, 5.74) is 1.28. The quantitative estimate of drug-likeness (QED) is 0.418. The summed E-state index contributed by atoms with van der Waals surface area (Å²) in [6.07, 6.45) is 2.06. The van der Waals surface area contributed by atoms with Gasteiger partial charge in [0.1, 0.15) is 5.75 Å². The average Bonchev–Trinajstić information content (AvgIpc) is 2.58. The highest BCUT2D eigenvalue weighted by Crippen LogP contribution is 2.26. The molecule has 2 aromatic carbocycles. The molecule has 0 heterocycles. The Morgan fingerprint density at radius 1 is 1.16 bits per heavy atom. The van der Waals surface area contributed by atoms with Crippen LogP contribution in [0.25, 0.3) is 0 Å². The number of nitrogens with one attached hydrogen (secondary N) is 2. The number of hydrogen-bond donors (Lipinski definition) is 2. The van der Waals surface area contributed by atoms with Gasteiger partial charge in [-0.25, -0.2) is 0 Å². The second-order valence-electron chi connectivity index (χ2n) is 5.24. The van der Waals surface area contributed by atoms with Crippen molar-refractivity contribution in [1.29, 1.82) is 0 Å². The third-order valence-corrected chi connectivity index (χ3v) is 4.81. The predicted octanol–water partition coefficient (Wildman–Crippen LogP) is 5.52. The highest BCUT2D eigenvalue weighted by Gasteiger charge is 2.11. The minimum Gasteiger partial charge on any atom is -0.492 e. The Labute approximate surface area is 169 Å². The number of para-hydroxylation sites is 1. The van der Waals surface area contributed by atoms with Crippen molar-refractivity contribution in [2.24, 2.45) is 0 Å². The van der Waals surface area contributed by atoms with Crippen LogP contribution in [-0.4, -0.2) is 17.6 Å². The summed E-state index contributed by atoms with van der Waals surface area (Å²) in [5, 5.41) is 5.89. The third kappa shape index (κ3) is 6.09. The van der Waals surface area contributed by atoms with E-state index in [4.69, 9.17) is 17.0 Å². The number of amides is 1. The molecule has 0 aliphatic carbocycles. The van der Waals surface area contributed by atoms with Crippen molar-refractivity contribution < 1.29 is 9.53 Å². The zero-order valence-electron chi connectivity index (χ0n) is 13.6. The summed E-state index contributed by atoms with van der Waals surface area (Å²) in [4.78, 5) is 12.3. The molecular weight excluding hydrogens is 468 g/mol. The first-order valence-corrected chi connectivity index (χ1v) is 9.80. The molecule has 132 valence electrons. The number of benzene rings is 2. The largest absolute Gasteiger partial charge is 0.492 e. The molecule has 4 nitrogen and oxygen atoms in total. The Hall–Kier alpha value is -1.44. The fraction of sp³-hybridized carbons (Fsp3) is 0.222. The van der Waals surface area contributed by atoms with Gasteiger partial charge in [-0.05, 0) is 80.8 Å². The van der Waals surface area contributed by atoms with E-state index in [9.17, 15) is 4.79 Å². The van der Waals surface area contributed by atoms with Gasteiger partial charge in [0.15, 0.2) is 5.11 Å². The molecule has 0 aromatic heterocycles. The van der Waals surface area contributed by atoms with E-state index in [0.717, 1.165) is 33.2 Å². The molecule has 0 radical (unpaired) electrons. The van der Waals surface area contributed by atoms with E-state index in [2.05, 4.69) is 49.4 Å². The van der Waals surface area contributed by atoms with Gasteiger partial charge in [-0.3, -0.25) is 10.1 Å². The fourth-order valence-electron chi connectivity index (χ4n) is 1.98. The summed E-state index contributed by atoms with van der Waals surface area (Å²) in [7, 11) is 0. The van der Waals surface area contributed by atoms with E-state index in [1.165, 1.54) is 0 Å². The van der Waals surface area contributed by atoms with Crippen LogP contribution in [0.15, 0.2) is 51.4 Å². The van der Waals surface area contributed by atoms with Gasteiger partial charge in [-0.1, -0.05) is 25.5 Å². The van der Waals surface area contributed by atoms with E-state index in [1.54, 1.807) is 18.2 Å². The lowest BCUT2D eigenvalue weighted by Gasteiger charge is -2.12. The monoisotopic (exact) mass is 484 g/mol. The topological polar surface area (TPSA) is 50.4 Å². The van der Waals surface area contributed by atoms with Crippen LogP contribution in [0, 0.1) is 0 Å². The molecule has 7 heteroatoms. The lowest BCUT2D eigenvalue weighted by molar-refractivity contribution is 0.0977. The normalized spacial score (nSPS) is 10.2. The second-order valence-corrected chi connectivity index (χ2v) is 7.35. The molecule has 1 amide bonds. The first kappa shape index (κ1) is 19.9. The van der Waals surface area contributed by atoms with E-state index in [-0.39, 0.29) is 11.0 Å². The van der Waals surface area contributed by atoms with Crippen molar-refractivity contribution in [3.05, 3.63) is 57.0 Å². The molecule has 0 aliphatic rings. The molecule has 0 saturated heterocycles. The van der Waals surface area contributed by atoms with Crippen LogP contribution in [0.4, 0.5) is 5.69 Å². The van der Waals surface area contributed by atoms with Crippen LogP contribution in [-0.2, 0) is 0 Å². The maximum absolute atomic E-state index is 12.3. The zero-order chi connectivity index (χ0) is 18.2. The summed E-state index contributed by atoms with van der Waals surface area (Å²) in [5.74, 6) is 0.435. The molecule has 0 unspecified atom stereocenters. The molecule has 2 rings (SSSR count). The van der Waals surface area contributed by atoms with Crippen molar-refractivity contribution in [2.45, 2.75) is 19.8 Å². The molecule has 0 aliphatic heterocycles. The first-order chi connectivity index (χ1) is 12.0. The van der Waals surface area contributed by atoms with Gasteiger partial charge in [0, 0.05) is 10.0 Å². The first-order valence-electron chi connectivity index (χ1n) is 7.80. The van der Waals surface area contributed by atoms with E-state index in [1.807, 2.05) is 24.3 Å². The van der Waals surface area contributed by atoms with E-state index in [0.29, 0.717) is 12.2 Å². The lowest BCUT2D eigenvalue weighted by Crippen LogP contribution is -2.34. The summed E-state index contributed by atoms with van der Waals surface area (Å²) in [6.45, 7) is 2.76. The number of hydrogen-bond acceptors (Lipinski definition) is 3. The van der Waals surface area contributed by atoms with Gasteiger partial charge >= 0.3 is 0 Å². The number of rotatable bonds is 6. The van der Waals surface area contributed by atoms with Gasteiger partial charge in [0.05, 0.1) is 16.8 Å².